The van der Waals surface area contributed by atoms with E-state index in [0.29, 0.717) is 42.1 Å². The number of benzene rings is 3. The second-order valence-electron chi connectivity index (χ2n) is 8.81. The van der Waals surface area contributed by atoms with Crippen molar-refractivity contribution in [2.24, 2.45) is 5.73 Å². The van der Waals surface area contributed by atoms with E-state index in [1.54, 1.807) is 24.3 Å². The summed E-state index contributed by atoms with van der Waals surface area (Å²) in [5.74, 6) is -0.456. The normalized spacial score (nSPS) is 11.7. The second kappa shape index (κ2) is 14.8. The van der Waals surface area contributed by atoms with E-state index < -0.39 is 18.0 Å². The molecule has 0 fully saturated rings. The Morgan fingerprint density at radius 2 is 1.79 bits per heavy atom. The zero-order valence-electron chi connectivity index (χ0n) is 21.8. The van der Waals surface area contributed by atoms with Gasteiger partial charge >= 0.3 is 5.97 Å². The van der Waals surface area contributed by atoms with Gasteiger partial charge in [-0.05, 0) is 54.4 Å². The summed E-state index contributed by atoms with van der Waals surface area (Å²) in [6.45, 7) is 2.63. The lowest BCUT2D eigenvalue weighted by atomic mass is 10.1. The molecule has 3 aromatic rings. The summed E-state index contributed by atoms with van der Waals surface area (Å²) in [6, 6.07) is 17.2. The monoisotopic (exact) mass is 538 g/mol. The van der Waals surface area contributed by atoms with Crippen LogP contribution < -0.4 is 20.5 Å². The van der Waals surface area contributed by atoms with Gasteiger partial charge in [-0.15, -0.1) is 0 Å². The number of carbonyl (C=O) groups excluding carboxylic acids is 2. The Balaban J connectivity index is 1.37. The Morgan fingerprint density at radius 3 is 2.49 bits per heavy atom. The molecule has 0 bridgehead atoms. The maximum Gasteiger partial charge on any atom is 0.308 e. The van der Waals surface area contributed by atoms with Crippen molar-refractivity contribution < 1.29 is 39.1 Å². The van der Waals surface area contributed by atoms with Crippen LogP contribution >= 0.6 is 0 Å². The highest BCUT2D eigenvalue weighted by Gasteiger charge is 2.16. The van der Waals surface area contributed by atoms with E-state index in [1.807, 2.05) is 24.3 Å². The minimum absolute atomic E-state index is 0.00329. The van der Waals surface area contributed by atoms with Crippen LogP contribution in [0.2, 0.25) is 0 Å². The highest BCUT2D eigenvalue weighted by Crippen LogP contribution is 2.25. The maximum absolute atomic E-state index is 11.6. The van der Waals surface area contributed by atoms with Crippen LogP contribution in [0.4, 0.5) is 0 Å². The summed E-state index contributed by atoms with van der Waals surface area (Å²) in [4.78, 5) is 23.1. The molecule has 1 atom stereocenters. The Bertz CT molecular complexity index is 1250. The number of esters is 1. The van der Waals surface area contributed by atoms with Gasteiger partial charge in [-0.3, -0.25) is 9.59 Å². The molecule has 6 N–H and O–H groups in total. The molecule has 1 amide bonds. The second-order valence-corrected chi connectivity index (χ2v) is 8.81. The van der Waals surface area contributed by atoms with Crippen LogP contribution in [-0.4, -0.2) is 53.5 Å². The Labute approximate surface area is 226 Å². The van der Waals surface area contributed by atoms with Crippen LogP contribution in [0, 0.1) is 0 Å². The number of aliphatic hydroxyl groups excluding tert-OH is 2. The molecular formula is C29H34N2O8. The van der Waals surface area contributed by atoms with Crippen molar-refractivity contribution in [3.63, 3.8) is 0 Å². The van der Waals surface area contributed by atoms with Crippen LogP contribution in [0.15, 0.2) is 60.7 Å². The predicted molar refractivity (Wildman–Crippen MR) is 143 cm³/mol. The molecule has 0 saturated heterocycles. The Hall–Kier alpha value is -3.96. The Morgan fingerprint density at radius 1 is 1.03 bits per heavy atom. The standard InChI is InChI=1S/C29H34N2O8/c1-19(33)39-28-22(3-2-4-25(28)29(30)36)18-37-13-14-38-24-8-5-20(6-9-24)11-12-31-16-27(35)21-7-10-26(34)23(15-21)17-32/h2-10,15,27,31-32,34-35H,11-14,16-18H2,1H3,(H2,30,36)/t27-/m0/s1. The summed E-state index contributed by atoms with van der Waals surface area (Å²) in [5, 5.41) is 32.5. The number of phenols is 1. The van der Waals surface area contributed by atoms with E-state index in [0.717, 1.165) is 12.0 Å². The summed E-state index contributed by atoms with van der Waals surface area (Å²) >= 11 is 0. The van der Waals surface area contributed by atoms with Crippen LogP contribution in [0.25, 0.3) is 0 Å². The number of carbonyl (C=O) groups is 2. The lowest BCUT2D eigenvalue weighted by Crippen LogP contribution is -2.23. The van der Waals surface area contributed by atoms with Crippen molar-refractivity contribution in [2.75, 3.05) is 26.3 Å². The fourth-order valence-electron chi connectivity index (χ4n) is 3.84. The number of amides is 1. The minimum Gasteiger partial charge on any atom is -0.508 e. The molecule has 3 rings (SSSR count). The van der Waals surface area contributed by atoms with Gasteiger partial charge in [0.15, 0.2) is 0 Å². The zero-order chi connectivity index (χ0) is 28.2. The number of hydrogen-bond donors (Lipinski definition) is 5. The first-order valence-electron chi connectivity index (χ1n) is 12.5. The van der Waals surface area contributed by atoms with Crippen molar-refractivity contribution in [2.45, 2.75) is 32.7 Å². The summed E-state index contributed by atoms with van der Waals surface area (Å²) in [6.07, 6.45) is -0.00274. The summed E-state index contributed by atoms with van der Waals surface area (Å²) in [5.41, 5.74) is 8.12. The first kappa shape index (κ1) is 29.6. The first-order chi connectivity index (χ1) is 18.8. The highest BCUT2D eigenvalue weighted by atomic mass is 16.5. The van der Waals surface area contributed by atoms with Crippen LogP contribution in [0.1, 0.15) is 45.6 Å². The molecule has 0 spiro atoms. The van der Waals surface area contributed by atoms with Crippen LogP contribution in [0.3, 0.4) is 0 Å². The van der Waals surface area contributed by atoms with Crippen LogP contribution in [0.5, 0.6) is 17.2 Å². The van der Waals surface area contributed by atoms with Crippen molar-refractivity contribution in [1.29, 1.82) is 0 Å². The average Bonchev–Trinajstić information content (AvgIpc) is 2.92. The molecule has 10 nitrogen and oxygen atoms in total. The van der Waals surface area contributed by atoms with Gasteiger partial charge in [-0.2, -0.15) is 0 Å². The molecule has 0 aliphatic rings. The minimum atomic E-state index is -0.755. The number of para-hydroxylation sites is 1. The molecular weight excluding hydrogens is 504 g/mol. The Kier molecular flexibility index (Phi) is 11.3. The van der Waals surface area contributed by atoms with Crippen LogP contribution in [-0.2, 0) is 29.2 Å². The summed E-state index contributed by atoms with van der Waals surface area (Å²) < 4.78 is 16.5. The molecule has 0 heterocycles. The van der Waals surface area contributed by atoms with Gasteiger partial charge in [0.2, 0.25) is 0 Å². The quantitative estimate of drug-likeness (QED) is 0.111. The fraction of sp³-hybridized carbons (Fsp3) is 0.310. The molecule has 0 radical (unpaired) electrons. The lowest BCUT2D eigenvalue weighted by Gasteiger charge is -2.14. The van der Waals surface area contributed by atoms with E-state index in [1.165, 1.54) is 19.1 Å². The number of nitrogens with two attached hydrogens (primary N) is 1. The lowest BCUT2D eigenvalue weighted by molar-refractivity contribution is -0.132. The van der Waals surface area contributed by atoms with E-state index in [4.69, 9.17) is 19.9 Å². The molecule has 0 aromatic heterocycles. The number of hydrogen-bond acceptors (Lipinski definition) is 9. The topological polar surface area (TPSA) is 161 Å². The van der Waals surface area contributed by atoms with Gasteiger partial charge in [0.25, 0.3) is 5.91 Å². The molecule has 0 aliphatic carbocycles. The predicted octanol–water partition coefficient (Wildman–Crippen LogP) is 2.37. The van der Waals surface area contributed by atoms with E-state index in [-0.39, 0.29) is 36.9 Å². The first-order valence-corrected chi connectivity index (χ1v) is 12.5. The van der Waals surface area contributed by atoms with Crippen molar-refractivity contribution in [1.82, 2.24) is 5.32 Å². The molecule has 0 saturated carbocycles. The molecule has 39 heavy (non-hydrogen) atoms. The molecule has 0 unspecified atom stereocenters. The number of rotatable bonds is 15. The third-order valence-corrected chi connectivity index (χ3v) is 5.87. The molecule has 10 heteroatoms. The van der Waals surface area contributed by atoms with Gasteiger partial charge in [0, 0.05) is 24.6 Å². The smallest absolute Gasteiger partial charge is 0.308 e. The number of ether oxygens (including phenoxy) is 3. The maximum atomic E-state index is 11.6. The van der Waals surface area contributed by atoms with Crippen molar-refractivity contribution in [3.8, 4) is 17.2 Å². The molecule has 3 aromatic carbocycles. The number of aliphatic hydroxyl groups is 2. The fourth-order valence-corrected chi connectivity index (χ4v) is 3.84. The SMILES string of the molecule is CC(=O)Oc1c(COCCOc2ccc(CCNC[C@H](O)c3ccc(O)c(CO)c3)cc2)cccc1C(N)=O. The number of primary amides is 1. The zero-order valence-corrected chi connectivity index (χ0v) is 21.8. The van der Waals surface area contributed by atoms with Crippen molar-refractivity contribution >= 4 is 11.9 Å². The molecule has 0 aliphatic heterocycles. The van der Waals surface area contributed by atoms with Gasteiger partial charge in [-0.1, -0.05) is 30.3 Å². The van der Waals surface area contributed by atoms with E-state index >= 15 is 0 Å². The number of nitrogens with one attached hydrogen (secondary N) is 1. The summed E-state index contributed by atoms with van der Waals surface area (Å²) in [7, 11) is 0. The van der Waals surface area contributed by atoms with E-state index in [9.17, 15) is 24.9 Å². The van der Waals surface area contributed by atoms with E-state index in [2.05, 4.69) is 5.32 Å². The van der Waals surface area contributed by atoms with Gasteiger partial charge in [0.05, 0.1) is 31.5 Å². The van der Waals surface area contributed by atoms with Gasteiger partial charge < -0.3 is 40.6 Å². The number of aromatic hydroxyl groups is 1. The van der Waals surface area contributed by atoms with Crippen molar-refractivity contribution in [3.05, 3.63) is 88.5 Å². The third-order valence-electron chi connectivity index (χ3n) is 5.87. The third kappa shape index (κ3) is 9.08. The highest BCUT2D eigenvalue weighted by molar-refractivity contribution is 5.96. The van der Waals surface area contributed by atoms with Gasteiger partial charge in [0.1, 0.15) is 23.9 Å². The molecule has 208 valence electrons. The average molecular weight is 539 g/mol. The largest absolute Gasteiger partial charge is 0.508 e. The van der Waals surface area contributed by atoms with Gasteiger partial charge in [-0.25, -0.2) is 0 Å².